The number of benzene rings is 1. The predicted molar refractivity (Wildman–Crippen MR) is 64.2 cm³/mol. The van der Waals surface area contributed by atoms with Crippen LogP contribution >= 0.6 is 0 Å². The molecule has 0 aromatic heterocycles. The van der Waals surface area contributed by atoms with Crippen molar-refractivity contribution in [2.75, 3.05) is 11.4 Å². The molecular weight excluding hydrogens is 277 g/mol. The van der Waals surface area contributed by atoms with Crippen LogP contribution in [0.4, 0.5) is 9.57 Å². The van der Waals surface area contributed by atoms with Crippen LogP contribution in [0.5, 0.6) is 0 Å². The molecule has 1 fully saturated rings. The maximum atomic E-state index is 12.9. The van der Waals surface area contributed by atoms with Crippen LogP contribution in [0, 0.1) is 0 Å². The van der Waals surface area contributed by atoms with Gasteiger partial charge >= 0.3 is 16.2 Å². The molecule has 0 radical (unpaired) electrons. The number of halogens is 1. The van der Waals surface area contributed by atoms with Gasteiger partial charge in [-0.1, -0.05) is 6.07 Å². The van der Waals surface area contributed by atoms with Gasteiger partial charge < -0.3 is 10.0 Å². The van der Waals surface area contributed by atoms with E-state index in [1.807, 2.05) is 0 Å². The number of carbonyl (C=O) groups is 2. The highest BCUT2D eigenvalue weighted by atomic mass is 32.3. The minimum Gasteiger partial charge on any atom is -0.478 e. The molecule has 1 amide bonds. The summed E-state index contributed by atoms with van der Waals surface area (Å²) in [5.74, 6) is -1.71. The van der Waals surface area contributed by atoms with Gasteiger partial charge in [0.05, 0.1) is 5.56 Å². The first-order chi connectivity index (χ1) is 8.79. The van der Waals surface area contributed by atoms with Gasteiger partial charge in [-0.2, -0.15) is 8.42 Å². The zero-order valence-corrected chi connectivity index (χ0v) is 10.4. The molecule has 0 saturated carbocycles. The summed E-state index contributed by atoms with van der Waals surface area (Å²) >= 11 is 0. The van der Waals surface area contributed by atoms with E-state index in [1.54, 1.807) is 0 Å². The summed E-state index contributed by atoms with van der Waals surface area (Å²) in [5.41, 5.74) is 0.216. The van der Waals surface area contributed by atoms with Crippen LogP contribution in [0.1, 0.15) is 16.8 Å². The lowest BCUT2D eigenvalue weighted by molar-refractivity contribution is -0.117. The molecule has 1 N–H and O–H groups in total. The Bertz CT molecular complexity index is 642. The van der Waals surface area contributed by atoms with Crippen molar-refractivity contribution in [2.45, 2.75) is 11.7 Å². The molecule has 8 heteroatoms. The summed E-state index contributed by atoms with van der Waals surface area (Å²) in [6, 6.07) is 5.49. The number of amides is 1. The van der Waals surface area contributed by atoms with Gasteiger partial charge in [-0.3, -0.25) is 4.79 Å². The fraction of sp³-hybridized carbons (Fsp3) is 0.273. The zero-order valence-electron chi connectivity index (χ0n) is 9.61. The SMILES string of the molecule is O=C(O)c1cccc(N2CC(S(=O)(=O)F)CC2=O)c1. The minimum absolute atomic E-state index is 0.0307. The Kier molecular flexibility index (Phi) is 3.27. The molecule has 1 atom stereocenters. The van der Waals surface area contributed by atoms with E-state index >= 15 is 0 Å². The fourth-order valence-corrected chi connectivity index (χ4v) is 2.59. The van der Waals surface area contributed by atoms with Crippen LogP contribution in [-0.4, -0.2) is 37.2 Å². The topological polar surface area (TPSA) is 91.8 Å². The number of hydrogen-bond donors (Lipinski definition) is 1. The Morgan fingerprint density at radius 3 is 2.63 bits per heavy atom. The van der Waals surface area contributed by atoms with E-state index in [0.29, 0.717) is 0 Å². The van der Waals surface area contributed by atoms with Crippen molar-refractivity contribution in [3.63, 3.8) is 0 Å². The quantitative estimate of drug-likeness (QED) is 0.830. The monoisotopic (exact) mass is 287 g/mol. The normalized spacial score (nSPS) is 19.7. The summed E-state index contributed by atoms with van der Waals surface area (Å²) < 4.78 is 34.4. The van der Waals surface area contributed by atoms with E-state index in [-0.39, 0.29) is 17.8 Å². The number of hydrogen-bond acceptors (Lipinski definition) is 4. The number of nitrogens with zero attached hydrogens (tertiary/aromatic N) is 1. The molecule has 1 aliphatic rings. The van der Waals surface area contributed by atoms with E-state index in [1.165, 1.54) is 24.3 Å². The van der Waals surface area contributed by atoms with E-state index in [0.717, 1.165) is 4.90 Å². The highest BCUT2D eigenvalue weighted by molar-refractivity contribution is 7.87. The molecule has 1 saturated heterocycles. The Hall–Kier alpha value is -1.96. The Morgan fingerprint density at radius 2 is 2.11 bits per heavy atom. The first kappa shape index (κ1) is 13.5. The maximum Gasteiger partial charge on any atom is 0.335 e. The molecule has 19 heavy (non-hydrogen) atoms. The van der Waals surface area contributed by atoms with Crippen LogP contribution in [0.15, 0.2) is 24.3 Å². The van der Waals surface area contributed by atoms with E-state index < -0.39 is 33.8 Å². The van der Waals surface area contributed by atoms with Crippen molar-refractivity contribution in [3.8, 4) is 0 Å². The van der Waals surface area contributed by atoms with Crippen LogP contribution in [-0.2, 0) is 15.0 Å². The molecular formula is C11H10FNO5S. The van der Waals surface area contributed by atoms with Gasteiger partial charge in [0, 0.05) is 18.7 Å². The molecule has 0 aliphatic carbocycles. The molecule has 1 aliphatic heterocycles. The predicted octanol–water partition coefficient (Wildman–Crippen LogP) is 0.789. The van der Waals surface area contributed by atoms with Gasteiger partial charge in [0.15, 0.2) is 0 Å². The van der Waals surface area contributed by atoms with Crippen LogP contribution in [0.2, 0.25) is 0 Å². The third kappa shape index (κ3) is 2.73. The molecule has 1 aromatic carbocycles. The van der Waals surface area contributed by atoms with E-state index in [2.05, 4.69) is 0 Å². The van der Waals surface area contributed by atoms with Gasteiger partial charge in [-0.15, -0.1) is 3.89 Å². The van der Waals surface area contributed by atoms with Crippen molar-refractivity contribution in [2.24, 2.45) is 0 Å². The zero-order chi connectivity index (χ0) is 14.2. The van der Waals surface area contributed by atoms with Crippen molar-refractivity contribution in [1.82, 2.24) is 0 Å². The van der Waals surface area contributed by atoms with Crippen LogP contribution in [0.3, 0.4) is 0 Å². The summed E-state index contributed by atoms with van der Waals surface area (Å²) in [6.45, 7) is -0.305. The van der Waals surface area contributed by atoms with Crippen molar-refractivity contribution in [1.29, 1.82) is 0 Å². The van der Waals surface area contributed by atoms with Crippen molar-refractivity contribution < 1.29 is 27.0 Å². The largest absolute Gasteiger partial charge is 0.478 e. The number of carboxylic acids is 1. The average molecular weight is 287 g/mol. The van der Waals surface area contributed by atoms with Crippen molar-refractivity contribution >= 4 is 27.8 Å². The molecule has 6 nitrogen and oxygen atoms in total. The Balaban J connectivity index is 2.31. The fourth-order valence-electron chi connectivity index (χ4n) is 1.92. The lowest BCUT2D eigenvalue weighted by atomic mass is 10.2. The van der Waals surface area contributed by atoms with E-state index in [9.17, 15) is 21.9 Å². The highest BCUT2D eigenvalue weighted by Crippen LogP contribution is 2.26. The van der Waals surface area contributed by atoms with Crippen LogP contribution < -0.4 is 4.90 Å². The van der Waals surface area contributed by atoms with Gasteiger partial charge in [-0.05, 0) is 18.2 Å². The number of rotatable bonds is 3. The second kappa shape index (κ2) is 4.61. The number of aromatic carboxylic acids is 1. The molecule has 2 rings (SSSR count). The second-order valence-corrected chi connectivity index (χ2v) is 5.78. The first-order valence-electron chi connectivity index (χ1n) is 5.36. The van der Waals surface area contributed by atoms with E-state index in [4.69, 9.17) is 5.11 Å². The standard InChI is InChI=1S/C11H10FNO5S/c12-19(17,18)9-5-10(14)13(6-9)8-3-1-2-7(4-8)11(15)16/h1-4,9H,5-6H2,(H,15,16). The smallest absolute Gasteiger partial charge is 0.335 e. The molecule has 1 unspecified atom stereocenters. The van der Waals surface area contributed by atoms with Gasteiger partial charge in [0.1, 0.15) is 5.25 Å². The molecule has 0 spiro atoms. The molecule has 102 valence electrons. The summed E-state index contributed by atoms with van der Waals surface area (Å²) in [5, 5.41) is 7.44. The molecule has 0 bridgehead atoms. The maximum absolute atomic E-state index is 12.9. The van der Waals surface area contributed by atoms with Crippen LogP contribution in [0.25, 0.3) is 0 Å². The van der Waals surface area contributed by atoms with Gasteiger partial charge in [0.25, 0.3) is 0 Å². The lowest BCUT2D eigenvalue weighted by Crippen LogP contribution is -2.27. The Labute approximate surface area is 108 Å². The minimum atomic E-state index is -4.78. The van der Waals surface area contributed by atoms with Gasteiger partial charge in [0.2, 0.25) is 5.91 Å². The molecule has 1 aromatic rings. The second-order valence-electron chi connectivity index (χ2n) is 4.16. The number of anilines is 1. The summed E-state index contributed by atoms with van der Waals surface area (Å²) in [4.78, 5) is 23.6. The summed E-state index contributed by atoms with van der Waals surface area (Å²) in [6.07, 6.45) is -0.434. The Morgan fingerprint density at radius 1 is 1.42 bits per heavy atom. The third-order valence-electron chi connectivity index (χ3n) is 2.89. The lowest BCUT2D eigenvalue weighted by Gasteiger charge is -2.16. The number of carbonyl (C=O) groups excluding carboxylic acids is 1. The third-order valence-corrected chi connectivity index (χ3v) is 4.00. The highest BCUT2D eigenvalue weighted by Gasteiger charge is 2.39. The first-order valence-corrected chi connectivity index (χ1v) is 6.81. The summed E-state index contributed by atoms with van der Waals surface area (Å²) in [7, 11) is -4.78. The van der Waals surface area contributed by atoms with Crippen molar-refractivity contribution in [3.05, 3.63) is 29.8 Å². The molecule has 1 heterocycles. The average Bonchev–Trinajstić information content (AvgIpc) is 2.71. The number of carboxylic acid groups (broad SMARTS) is 1. The van der Waals surface area contributed by atoms with Gasteiger partial charge in [-0.25, -0.2) is 4.79 Å².